The zero-order valence-corrected chi connectivity index (χ0v) is 8.82. The molecule has 4 nitrogen and oxygen atoms in total. The first kappa shape index (κ1) is 10.4. The van der Waals surface area contributed by atoms with Crippen LogP contribution in [0.4, 0.5) is 0 Å². The molecule has 0 aliphatic heterocycles. The summed E-state index contributed by atoms with van der Waals surface area (Å²) >= 11 is 3.13. The number of rotatable bonds is 3. The Morgan fingerprint density at radius 3 is 2.92 bits per heavy atom. The van der Waals surface area contributed by atoms with Crippen LogP contribution in [0.25, 0.3) is 0 Å². The van der Waals surface area contributed by atoms with Crippen molar-refractivity contribution in [3.63, 3.8) is 0 Å². The molecule has 0 aromatic carbocycles. The van der Waals surface area contributed by atoms with Gasteiger partial charge < -0.3 is 5.32 Å². The summed E-state index contributed by atoms with van der Waals surface area (Å²) in [4.78, 5) is 10.5. The standard InChI is InChI=1S/C8H11BrN2O2/c1-2-10-7-5-3-4-6-8(7,9)11(12)13/h3-7,10H,2H2,1H3. The average Bonchev–Trinajstić information content (AvgIpc) is 2.09. The number of nitro groups is 1. The highest BCUT2D eigenvalue weighted by Gasteiger charge is 2.45. The van der Waals surface area contributed by atoms with Gasteiger partial charge in [0.2, 0.25) is 0 Å². The second-order valence-corrected chi connectivity index (χ2v) is 4.03. The van der Waals surface area contributed by atoms with Crippen LogP contribution in [0.2, 0.25) is 0 Å². The van der Waals surface area contributed by atoms with E-state index < -0.39 is 4.45 Å². The van der Waals surface area contributed by atoms with Gasteiger partial charge in [0.1, 0.15) is 6.04 Å². The maximum absolute atomic E-state index is 10.8. The van der Waals surface area contributed by atoms with Crippen LogP contribution in [0, 0.1) is 10.1 Å². The van der Waals surface area contributed by atoms with Gasteiger partial charge in [-0.05, 0) is 6.54 Å². The Kier molecular flexibility index (Phi) is 3.22. The van der Waals surface area contributed by atoms with Crippen LogP contribution in [0.5, 0.6) is 0 Å². The predicted molar refractivity (Wildman–Crippen MR) is 54.4 cm³/mol. The van der Waals surface area contributed by atoms with Gasteiger partial charge in [0.15, 0.2) is 0 Å². The number of alkyl halides is 1. The van der Waals surface area contributed by atoms with Crippen molar-refractivity contribution in [2.45, 2.75) is 17.4 Å². The Bertz CT molecular complexity index is 265. The Balaban J connectivity index is 2.86. The molecule has 0 saturated carbocycles. The van der Waals surface area contributed by atoms with Crippen LogP contribution in [-0.4, -0.2) is 22.0 Å². The number of halogens is 1. The van der Waals surface area contributed by atoms with E-state index in [1.54, 1.807) is 24.3 Å². The van der Waals surface area contributed by atoms with Gasteiger partial charge in [-0.1, -0.05) is 25.2 Å². The lowest BCUT2D eigenvalue weighted by atomic mass is 10.0. The topological polar surface area (TPSA) is 55.2 Å². The average molecular weight is 247 g/mol. The van der Waals surface area contributed by atoms with E-state index in [2.05, 4.69) is 21.2 Å². The quantitative estimate of drug-likeness (QED) is 0.355. The van der Waals surface area contributed by atoms with Crippen LogP contribution < -0.4 is 5.32 Å². The Morgan fingerprint density at radius 1 is 1.69 bits per heavy atom. The van der Waals surface area contributed by atoms with Crippen LogP contribution in [0.1, 0.15) is 6.92 Å². The van der Waals surface area contributed by atoms with Crippen LogP contribution in [0.3, 0.4) is 0 Å². The van der Waals surface area contributed by atoms with E-state index in [1.165, 1.54) is 0 Å². The largest absolute Gasteiger partial charge is 0.311 e. The van der Waals surface area contributed by atoms with E-state index in [-0.39, 0.29) is 11.0 Å². The fourth-order valence-corrected chi connectivity index (χ4v) is 1.68. The van der Waals surface area contributed by atoms with Crippen molar-refractivity contribution in [3.8, 4) is 0 Å². The van der Waals surface area contributed by atoms with Crippen LogP contribution in [-0.2, 0) is 0 Å². The highest BCUT2D eigenvalue weighted by Crippen LogP contribution is 2.28. The number of nitrogens with one attached hydrogen (secondary N) is 1. The number of hydrogen-bond acceptors (Lipinski definition) is 3. The molecule has 5 heteroatoms. The van der Waals surface area contributed by atoms with Gasteiger partial charge in [0.25, 0.3) is 0 Å². The van der Waals surface area contributed by atoms with E-state index in [1.807, 2.05) is 6.92 Å². The van der Waals surface area contributed by atoms with Crippen molar-refractivity contribution in [1.82, 2.24) is 5.32 Å². The van der Waals surface area contributed by atoms with Crippen molar-refractivity contribution in [1.29, 1.82) is 0 Å². The van der Waals surface area contributed by atoms with Crippen molar-refractivity contribution in [2.24, 2.45) is 0 Å². The molecule has 0 spiro atoms. The first-order valence-electron chi connectivity index (χ1n) is 4.04. The molecule has 0 bridgehead atoms. The fraction of sp³-hybridized carbons (Fsp3) is 0.500. The molecule has 13 heavy (non-hydrogen) atoms. The minimum Gasteiger partial charge on any atom is -0.304 e. The lowest BCUT2D eigenvalue weighted by Crippen LogP contribution is -2.50. The van der Waals surface area contributed by atoms with Gasteiger partial charge in [0.05, 0.1) is 0 Å². The summed E-state index contributed by atoms with van der Waals surface area (Å²) in [5, 5.41) is 13.8. The second-order valence-electron chi connectivity index (χ2n) is 2.76. The fourth-order valence-electron chi connectivity index (χ4n) is 1.21. The zero-order valence-electron chi connectivity index (χ0n) is 7.24. The first-order chi connectivity index (χ1) is 6.11. The van der Waals surface area contributed by atoms with Gasteiger partial charge in [-0.25, -0.2) is 0 Å². The minimum absolute atomic E-state index is 0.294. The van der Waals surface area contributed by atoms with E-state index in [4.69, 9.17) is 0 Å². The maximum atomic E-state index is 10.8. The molecule has 0 fully saturated rings. The third kappa shape index (κ3) is 1.97. The minimum atomic E-state index is -1.20. The lowest BCUT2D eigenvalue weighted by molar-refractivity contribution is -0.524. The molecule has 1 rings (SSSR count). The summed E-state index contributed by atoms with van der Waals surface area (Å²) in [7, 11) is 0. The number of nitrogens with zero attached hydrogens (tertiary/aromatic N) is 1. The van der Waals surface area contributed by atoms with Crippen molar-refractivity contribution >= 4 is 15.9 Å². The summed E-state index contributed by atoms with van der Waals surface area (Å²) in [5.41, 5.74) is 0. The Hall–Kier alpha value is -0.680. The molecule has 0 saturated heterocycles. The molecule has 1 N–H and O–H groups in total. The Morgan fingerprint density at radius 2 is 2.38 bits per heavy atom. The molecule has 72 valence electrons. The van der Waals surface area contributed by atoms with E-state index in [0.29, 0.717) is 6.54 Å². The van der Waals surface area contributed by atoms with Gasteiger partial charge in [-0.2, -0.15) is 0 Å². The summed E-state index contributed by atoms with van der Waals surface area (Å²) in [6.07, 6.45) is 6.79. The maximum Gasteiger partial charge on any atom is 0.311 e. The Labute approximate surface area is 85.0 Å². The third-order valence-electron chi connectivity index (χ3n) is 1.88. The number of likely N-dealkylation sites (N-methyl/N-ethyl adjacent to an activating group) is 1. The second kappa shape index (κ2) is 4.02. The smallest absolute Gasteiger partial charge is 0.304 e. The SMILES string of the molecule is CCNC1C=CC=CC1(Br)[N+](=O)[O-]. The highest BCUT2D eigenvalue weighted by atomic mass is 79.9. The van der Waals surface area contributed by atoms with Crippen molar-refractivity contribution in [3.05, 3.63) is 34.4 Å². The molecule has 2 unspecified atom stereocenters. The van der Waals surface area contributed by atoms with Gasteiger partial charge in [-0.15, -0.1) is 0 Å². The van der Waals surface area contributed by atoms with Crippen molar-refractivity contribution < 1.29 is 4.92 Å². The molecule has 0 radical (unpaired) electrons. The zero-order chi connectivity index (χ0) is 9.90. The normalized spacial score (nSPS) is 32.0. The van der Waals surface area contributed by atoms with Crippen LogP contribution >= 0.6 is 15.9 Å². The lowest BCUT2D eigenvalue weighted by Gasteiger charge is -2.25. The van der Waals surface area contributed by atoms with Crippen LogP contribution in [0.15, 0.2) is 24.3 Å². The molecule has 0 aromatic heterocycles. The number of hydrogen-bond donors (Lipinski definition) is 1. The monoisotopic (exact) mass is 246 g/mol. The summed E-state index contributed by atoms with van der Waals surface area (Å²) in [5.74, 6) is 0. The van der Waals surface area contributed by atoms with Crippen molar-refractivity contribution in [2.75, 3.05) is 6.54 Å². The van der Waals surface area contributed by atoms with E-state index >= 15 is 0 Å². The molecule has 1 aliphatic rings. The molecule has 2 atom stereocenters. The van der Waals surface area contributed by atoms with Gasteiger partial charge in [0, 0.05) is 26.9 Å². The molecule has 1 aliphatic carbocycles. The summed E-state index contributed by atoms with van der Waals surface area (Å²) in [6, 6.07) is -0.294. The summed E-state index contributed by atoms with van der Waals surface area (Å²) < 4.78 is -1.20. The van der Waals surface area contributed by atoms with Gasteiger partial charge >= 0.3 is 4.45 Å². The van der Waals surface area contributed by atoms with Gasteiger partial charge in [-0.3, -0.25) is 10.1 Å². The molecular weight excluding hydrogens is 236 g/mol. The van der Waals surface area contributed by atoms with E-state index in [0.717, 1.165) is 0 Å². The molecular formula is C8H11BrN2O2. The predicted octanol–water partition coefficient (Wildman–Crippen LogP) is 1.46. The molecule has 0 aromatic rings. The third-order valence-corrected chi connectivity index (χ3v) is 2.93. The highest BCUT2D eigenvalue weighted by molar-refractivity contribution is 9.10. The molecule has 0 amide bonds. The summed E-state index contributed by atoms with van der Waals surface area (Å²) in [6.45, 7) is 2.61. The molecule has 0 heterocycles. The first-order valence-corrected chi connectivity index (χ1v) is 4.83. The number of allylic oxidation sites excluding steroid dienone is 2. The van der Waals surface area contributed by atoms with E-state index in [9.17, 15) is 10.1 Å².